The molecule has 1 unspecified atom stereocenters. The molecule has 1 aliphatic heterocycles. The normalized spacial score (nSPS) is 19.4. The zero-order valence-corrected chi connectivity index (χ0v) is 17.6. The van der Waals surface area contributed by atoms with E-state index in [0.717, 1.165) is 27.6 Å². The number of allylic oxidation sites excluding steroid dienone is 3. The first-order valence-corrected chi connectivity index (χ1v) is 11.3. The zero-order valence-electron chi connectivity index (χ0n) is 15.9. The second-order valence-corrected chi connectivity index (χ2v) is 9.34. The van der Waals surface area contributed by atoms with Gasteiger partial charge < -0.3 is 5.73 Å². The van der Waals surface area contributed by atoms with E-state index in [2.05, 4.69) is 13.0 Å². The van der Waals surface area contributed by atoms with E-state index < -0.39 is 5.92 Å². The molecule has 0 fully saturated rings. The first-order valence-electron chi connectivity index (χ1n) is 9.48. The molecule has 1 aromatic carbocycles. The van der Waals surface area contributed by atoms with Gasteiger partial charge in [0, 0.05) is 23.4 Å². The lowest BCUT2D eigenvalue weighted by atomic mass is 9.76. The molecule has 148 valence electrons. The maximum Gasteiger partial charge on any atom is 0.161 e. The van der Waals surface area contributed by atoms with E-state index in [1.165, 1.54) is 12.1 Å². The van der Waals surface area contributed by atoms with Crippen molar-refractivity contribution in [3.8, 4) is 6.07 Å². The number of thioether (sulfide) groups is 1. The van der Waals surface area contributed by atoms with Crippen LogP contribution in [0.3, 0.4) is 0 Å². The van der Waals surface area contributed by atoms with E-state index in [9.17, 15) is 14.4 Å². The number of halogens is 1. The highest BCUT2D eigenvalue weighted by atomic mass is 32.2. The molecule has 2 aliphatic rings. The summed E-state index contributed by atoms with van der Waals surface area (Å²) in [6, 6.07) is 10.3. The van der Waals surface area contributed by atoms with Gasteiger partial charge in [-0.1, -0.05) is 6.92 Å². The molecule has 29 heavy (non-hydrogen) atoms. The molecule has 4 nitrogen and oxygen atoms in total. The number of hydrogen-bond acceptors (Lipinski definition) is 6. The second kappa shape index (κ2) is 8.05. The average Bonchev–Trinajstić information content (AvgIpc) is 3.16. The van der Waals surface area contributed by atoms with Gasteiger partial charge in [0.05, 0.1) is 21.8 Å². The van der Waals surface area contributed by atoms with E-state index in [4.69, 9.17) is 5.73 Å². The fraction of sp³-hybridized carbons (Fsp3) is 0.273. The Balaban J connectivity index is 1.94. The molecule has 0 bridgehead atoms. The number of hydrogen-bond donors (Lipinski definition) is 1. The highest BCUT2D eigenvalue weighted by molar-refractivity contribution is 8.01. The maximum atomic E-state index is 13.5. The Kier molecular flexibility index (Phi) is 5.48. The number of thiophene rings is 1. The lowest BCUT2D eigenvalue weighted by Crippen LogP contribution is -2.38. The molecule has 1 atom stereocenters. The van der Waals surface area contributed by atoms with Crippen LogP contribution in [-0.2, 0) is 4.79 Å². The number of nitrogens with zero attached hydrogens (tertiary/aromatic N) is 2. The molecule has 0 spiro atoms. The monoisotopic (exact) mass is 425 g/mol. The minimum atomic E-state index is -0.445. The van der Waals surface area contributed by atoms with Crippen LogP contribution in [0.4, 0.5) is 10.1 Å². The molecular formula is C22H20FN3OS2. The lowest BCUT2D eigenvalue weighted by Gasteiger charge is -2.39. The van der Waals surface area contributed by atoms with Gasteiger partial charge in [-0.2, -0.15) is 5.26 Å². The van der Waals surface area contributed by atoms with Crippen molar-refractivity contribution in [2.24, 2.45) is 5.73 Å². The highest BCUT2D eigenvalue weighted by Crippen LogP contribution is 2.49. The molecule has 2 aromatic rings. The standard InChI is InChI=1S/C22H20FN3OS2/c1-2-28-22-15(10-11-29-22)19-16(12-24)21(25)26(14-8-6-13(23)7-9-14)17-4-3-5-18(27)20(17)19/h6-11,19H,2-5,25H2,1H3. The Morgan fingerprint density at radius 2 is 2.07 bits per heavy atom. The number of nitriles is 1. The molecule has 0 saturated carbocycles. The number of carbonyl (C=O) groups is 1. The predicted molar refractivity (Wildman–Crippen MR) is 115 cm³/mol. The van der Waals surface area contributed by atoms with Crippen molar-refractivity contribution in [3.63, 3.8) is 0 Å². The Morgan fingerprint density at radius 3 is 2.76 bits per heavy atom. The number of ketones is 1. The molecule has 2 heterocycles. The Bertz CT molecular complexity index is 1060. The molecule has 7 heteroatoms. The topological polar surface area (TPSA) is 70.1 Å². The third kappa shape index (κ3) is 3.37. The van der Waals surface area contributed by atoms with Crippen LogP contribution in [0, 0.1) is 17.1 Å². The minimum absolute atomic E-state index is 0.0576. The van der Waals surface area contributed by atoms with Crippen molar-refractivity contribution in [2.45, 2.75) is 36.3 Å². The smallest absolute Gasteiger partial charge is 0.161 e. The van der Waals surface area contributed by atoms with Crippen molar-refractivity contribution in [3.05, 3.63) is 69.8 Å². The van der Waals surface area contributed by atoms with Crippen molar-refractivity contribution in [1.82, 2.24) is 0 Å². The van der Waals surface area contributed by atoms with Gasteiger partial charge in [0.25, 0.3) is 0 Å². The van der Waals surface area contributed by atoms with Crippen LogP contribution in [0.1, 0.15) is 37.7 Å². The molecular weight excluding hydrogens is 405 g/mol. The molecule has 4 rings (SSSR count). The number of benzene rings is 1. The zero-order chi connectivity index (χ0) is 20.5. The quantitative estimate of drug-likeness (QED) is 0.673. The van der Waals surface area contributed by atoms with Crippen LogP contribution in [0.15, 0.2) is 62.6 Å². The summed E-state index contributed by atoms with van der Waals surface area (Å²) in [5, 5.41) is 12.0. The van der Waals surface area contributed by atoms with Crippen LogP contribution in [-0.4, -0.2) is 11.5 Å². The molecule has 0 saturated heterocycles. The Morgan fingerprint density at radius 1 is 1.31 bits per heavy atom. The fourth-order valence-corrected chi connectivity index (χ4v) is 6.12. The maximum absolute atomic E-state index is 13.5. The summed E-state index contributed by atoms with van der Waals surface area (Å²) in [6.07, 6.45) is 1.89. The van der Waals surface area contributed by atoms with E-state index in [0.29, 0.717) is 35.5 Å². The highest BCUT2D eigenvalue weighted by Gasteiger charge is 2.41. The third-order valence-corrected chi connectivity index (χ3v) is 7.39. The van der Waals surface area contributed by atoms with Crippen LogP contribution in [0.2, 0.25) is 0 Å². The number of nitrogens with two attached hydrogens (primary N) is 1. The predicted octanol–water partition coefficient (Wildman–Crippen LogP) is 5.30. The number of carbonyl (C=O) groups excluding carboxylic acids is 1. The molecule has 0 amide bonds. The van der Waals surface area contributed by atoms with Crippen molar-refractivity contribution < 1.29 is 9.18 Å². The summed E-state index contributed by atoms with van der Waals surface area (Å²) in [5.41, 5.74) is 10.0. The molecule has 1 aromatic heterocycles. The first kappa shape index (κ1) is 19.7. The number of anilines is 1. The average molecular weight is 426 g/mol. The summed E-state index contributed by atoms with van der Waals surface area (Å²) in [7, 11) is 0. The van der Waals surface area contributed by atoms with E-state index in [-0.39, 0.29) is 11.6 Å². The minimum Gasteiger partial charge on any atom is -0.384 e. The molecule has 2 N–H and O–H groups in total. The van der Waals surface area contributed by atoms with Gasteiger partial charge in [-0.15, -0.1) is 23.1 Å². The van der Waals surface area contributed by atoms with Crippen LogP contribution < -0.4 is 10.6 Å². The summed E-state index contributed by atoms with van der Waals surface area (Å²) in [5.74, 6) is 0.487. The van der Waals surface area contributed by atoms with Gasteiger partial charge in [0.15, 0.2) is 5.78 Å². The van der Waals surface area contributed by atoms with Gasteiger partial charge in [-0.05, 0) is 59.9 Å². The van der Waals surface area contributed by atoms with Crippen molar-refractivity contribution in [1.29, 1.82) is 5.26 Å². The fourth-order valence-electron chi connectivity index (χ4n) is 4.05. The van der Waals surface area contributed by atoms with Crippen LogP contribution in [0.25, 0.3) is 0 Å². The van der Waals surface area contributed by atoms with Crippen LogP contribution in [0.5, 0.6) is 0 Å². The Hall–Kier alpha value is -2.56. The second-order valence-electron chi connectivity index (χ2n) is 6.89. The van der Waals surface area contributed by atoms with E-state index in [1.54, 1.807) is 40.1 Å². The summed E-state index contributed by atoms with van der Waals surface area (Å²) >= 11 is 3.33. The summed E-state index contributed by atoms with van der Waals surface area (Å²) < 4.78 is 14.6. The Labute approximate surface area is 177 Å². The van der Waals surface area contributed by atoms with Crippen molar-refractivity contribution >= 4 is 34.6 Å². The van der Waals surface area contributed by atoms with E-state index in [1.807, 2.05) is 11.4 Å². The van der Waals surface area contributed by atoms with Gasteiger partial charge >= 0.3 is 0 Å². The first-order chi connectivity index (χ1) is 14.1. The van der Waals surface area contributed by atoms with Gasteiger partial charge in [0.2, 0.25) is 0 Å². The van der Waals surface area contributed by atoms with Crippen molar-refractivity contribution in [2.75, 3.05) is 10.7 Å². The van der Waals surface area contributed by atoms with E-state index >= 15 is 0 Å². The molecule has 1 aliphatic carbocycles. The van der Waals surface area contributed by atoms with Crippen LogP contribution >= 0.6 is 23.1 Å². The number of Topliss-reactive ketones (excluding diaryl/α,β-unsaturated/α-hetero) is 1. The lowest BCUT2D eigenvalue weighted by molar-refractivity contribution is -0.116. The van der Waals surface area contributed by atoms with Gasteiger partial charge in [0.1, 0.15) is 11.6 Å². The molecule has 0 radical (unpaired) electrons. The van der Waals surface area contributed by atoms with Gasteiger partial charge in [-0.3, -0.25) is 9.69 Å². The SMILES string of the molecule is CCSc1sccc1C1C(C#N)=C(N)N(c2ccc(F)cc2)C2=C1C(=O)CCC2. The summed E-state index contributed by atoms with van der Waals surface area (Å²) in [6.45, 7) is 2.08. The van der Waals surface area contributed by atoms with Gasteiger partial charge in [-0.25, -0.2) is 4.39 Å². The largest absolute Gasteiger partial charge is 0.384 e. The third-order valence-electron chi connectivity index (χ3n) is 5.24. The summed E-state index contributed by atoms with van der Waals surface area (Å²) in [4.78, 5) is 14.8. The number of rotatable bonds is 4.